The van der Waals surface area contributed by atoms with E-state index in [0.29, 0.717) is 6.42 Å². The molecular formula is C19H22N4O2S. The van der Waals surface area contributed by atoms with Crippen LogP contribution in [0.5, 0.6) is 0 Å². The molecule has 4 rings (SSSR count). The Hall–Kier alpha value is -2.28. The maximum Gasteiger partial charge on any atom is 0.254 e. The van der Waals surface area contributed by atoms with Crippen LogP contribution in [-0.2, 0) is 4.79 Å². The normalized spacial score (nSPS) is 19.5. The standard InChI is InChI=1S/C19H22N4O2S/c1-14-11-18(25)23-16(13-26-19(23)20-14)12-17(24)22-9-7-21(8-10-22)15-5-3-2-4-6-15/h2-6,11,16H,7-10,12-13H2,1H3/t16-/m0/s1. The summed E-state index contributed by atoms with van der Waals surface area (Å²) >= 11 is 1.56. The van der Waals surface area contributed by atoms with Crippen molar-refractivity contribution in [3.8, 4) is 0 Å². The van der Waals surface area contributed by atoms with Gasteiger partial charge in [0.15, 0.2) is 5.16 Å². The maximum absolute atomic E-state index is 12.7. The van der Waals surface area contributed by atoms with Crippen molar-refractivity contribution in [2.45, 2.75) is 24.5 Å². The summed E-state index contributed by atoms with van der Waals surface area (Å²) in [7, 11) is 0. The number of aromatic nitrogens is 2. The summed E-state index contributed by atoms with van der Waals surface area (Å²) < 4.78 is 1.69. The Kier molecular flexibility index (Phi) is 4.72. The number of amides is 1. The summed E-state index contributed by atoms with van der Waals surface area (Å²) in [5, 5.41) is 0.738. The van der Waals surface area contributed by atoms with E-state index in [1.54, 1.807) is 22.4 Å². The smallest absolute Gasteiger partial charge is 0.254 e. The molecule has 1 amide bonds. The number of hydrogen-bond donors (Lipinski definition) is 0. The zero-order valence-corrected chi connectivity index (χ0v) is 15.6. The Balaban J connectivity index is 1.38. The number of fused-ring (bicyclic) bond motifs is 1. The summed E-state index contributed by atoms with van der Waals surface area (Å²) in [4.78, 5) is 33.7. The van der Waals surface area contributed by atoms with Crippen LogP contribution in [0.4, 0.5) is 5.69 Å². The van der Waals surface area contributed by atoms with Gasteiger partial charge in [0.05, 0.1) is 6.04 Å². The fourth-order valence-electron chi connectivity index (χ4n) is 3.60. The van der Waals surface area contributed by atoms with Crippen molar-refractivity contribution in [2.24, 2.45) is 0 Å². The van der Waals surface area contributed by atoms with Crippen molar-refractivity contribution in [1.29, 1.82) is 0 Å². The van der Waals surface area contributed by atoms with E-state index in [2.05, 4.69) is 22.0 Å². The summed E-state index contributed by atoms with van der Waals surface area (Å²) in [6, 6.07) is 11.8. The largest absolute Gasteiger partial charge is 0.368 e. The van der Waals surface area contributed by atoms with Gasteiger partial charge in [-0.15, -0.1) is 0 Å². The summed E-state index contributed by atoms with van der Waals surface area (Å²) in [5.74, 6) is 0.866. The zero-order chi connectivity index (χ0) is 18.1. The number of thioether (sulfide) groups is 1. The van der Waals surface area contributed by atoms with Crippen LogP contribution in [0.15, 0.2) is 46.3 Å². The van der Waals surface area contributed by atoms with E-state index in [1.165, 1.54) is 5.69 Å². The number of aryl methyl sites for hydroxylation is 1. The Bertz CT molecular complexity index is 860. The van der Waals surface area contributed by atoms with E-state index in [4.69, 9.17) is 0 Å². The molecule has 1 aromatic heterocycles. The quantitative estimate of drug-likeness (QED) is 0.773. The van der Waals surface area contributed by atoms with Gasteiger partial charge < -0.3 is 9.80 Å². The van der Waals surface area contributed by atoms with Gasteiger partial charge in [0.25, 0.3) is 5.56 Å². The lowest BCUT2D eigenvalue weighted by Crippen LogP contribution is -2.49. The first kappa shape index (κ1) is 17.1. The van der Waals surface area contributed by atoms with Gasteiger partial charge in [-0.25, -0.2) is 4.98 Å². The Labute approximate surface area is 156 Å². The zero-order valence-electron chi connectivity index (χ0n) is 14.8. The topological polar surface area (TPSA) is 58.4 Å². The number of carbonyl (C=O) groups is 1. The molecule has 2 aliphatic rings. The third kappa shape index (κ3) is 3.35. The molecular weight excluding hydrogens is 348 g/mol. The van der Waals surface area contributed by atoms with Crippen molar-refractivity contribution >= 4 is 23.4 Å². The molecule has 0 spiro atoms. The Morgan fingerprint density at radius 1 is 1.19 bits per heavy atom. The number of para-hydroxylation sites is 1. The molecule has 0 N–H and O–H groups in total. The van der Waals surface area contributed by atoms with Crippen molar-refractivity contribution in [3.05, 3.63) is 52.4 Å². The van der Waals surface area contributed by atoms with Gasteiger partial charge in [0, 0.05) is 55.8 Å². The van der Waals surface area contributed by atoms with E-state index in [0.717, 1.165) is 42.8 Å². The minimum absolute atomic E-state index is 0.0517. The molecule has 136 valence electrons. The van der Waals surface area contributed by atoms with Crippen molar-refractivity contribution in [1.82, 2.24) is 14.5 Å². The predicted molar refractivity (Wildman–Crippen MR) is 103 cm³/mol. The average Bonchev–Trinajstić information content (AvgIpc) is 3.05. The number of benzene rings is 1. The summed E-state index contributed by atoms with van der Waals surface area (Å²) in [6.45, 7) is 4.95. The second-order valence-corrected chi connectivity index (χ2v) is 7.75. The number of carbonyl (C=O) groups excluding carboxylic acids is 1. The molecule has 0 aliphatic carbocycles. The first-order valence-corrected chi connectivity index (χ1v) is 9.91. The van der Waals surface area contributed by atoms with Gasteiger partial charge >= 0.3 is 0 Å². The molecule has 1 saturated heterocycles. The van der Waals surface area contributed by atoms with Gasteiger partial charge in [0.2, 0.25) is 5.91 Å². The van der Waals surface area contributed by atoms with E-state index in [-0.39, 0.29) is 17.5 Å². The molecule has 26 heavy (non-hydrogen) atoms. The second-order valence-electron chi connectivity index (χ2n) is 6.76. The van der Waals surface area contributed by atoms with E-state index in [1.807, 2.05) is 30.0 Å². The number of nitrogens with zero attached hydrogens (tertiary/aromatic N) is 4. The van der Waals surface area contributed by atoms with Gasteiger partial charge in [-0.1, -0.05) is 30.0 Å². The Morgan fingerprint density at radius 3 is 2.65 bits per heavy atom. The highest BCUT2D eigenvalue weighted by Crippen LogP contribution is 2.32. The van der Waals surface area contributed by atoms with Crippen LogP contribution >= 0.6 is 11.8 Å². The number of piperazine rings is 1. The second kappa shape index (κ2) is 7.15. The molecule has 7 heteroatoms. The molecule has 0 saturated carbocycles. The van der Waals surface area contributed by atoms with Crippen LogP contribution in [0, 0.1) is 6.92 Å². The predicted octanol–water partition coefficient (Wildman–Crippen LogP) is 1.94. The van der Waals surface area contributed by atoms with Crippen LogP contribution in [0.25, 0.3) is 0 Å². The van der Waals surface area contributed by atoms with Gasteiger partial charge in [-0.3, -0.25) is 14.2 Å². The van der Waals surface area contributed by atoms with Gasteiger partial charge in [-0.05, 0) is 19.1 Å². The van der Waals surface area contributed by atoms with Crippen LogP contribution in [0.1, 0.15) is 18.2 Å². The summed E-state index contributed by atoms with van der Waals surface area (Å²) in [5.41, 5.74) is 1.88. The lowest BCUT2D eigenvalue weighted by Gasteiger charge is -2.36. The molecule has 2 aromatic rings. The van der Waals surface area contributed by atoms with Gasteiger partial charge in [-0.2, -0.15) is 0 Å². The fourth-order valence-corrected chi connectivity index (χ4v) is 4.79. The highest BCUT2D eigenvalue weighted by molar-refractivity contribution is 7.99. The average molecular weight is 370 g/mol. The monoisotopic (exact) mass is 370 g/mol. The van der Waals surface area contributed by atoms with Crippen LogP contribution < -0.4 is 10.5 Å². The molecule has 1 fully saturated rings. The molecule has 0 radical (unpaired) electrons. The first-order valence-electron chi connectivity index (χ1n) is 8.92. The number of hydrogen-bond acceptors (Lipinski definition) is 5. The molecule has 1 aromatic carbocycles. The molecule has 0 unspecified atom stereocenters. The minimum atomic E-state index is -0.0877. The lowest BCUT2D eigenvalue weighted by molar-refractivity contribution is -0.132. The molecule has 3 heterocycles. The molecule has 2 aliphatic heterocycles. The number of rotatable bonds is 3. The van der Waals surface area contributed by atoms with Crippen LogP contribution in [-0.4, -0.2) is 52.3 Å². The van der Waals surface area contributed by atoms with Gasteiger partial charge in [0.1, 0.15) is 0 Å². The highest BCUT2D eigenvalue weighted by Gasteiger charge is 2.30. The number of anilines is 1. The SMILES string of the molecule is Cc1cc(=O)n2c(n1)SC[C@@H]2CC(=O)N1CCN(c2ccccc2)CC1. The fraction of sp³-hybridized carbons (Fsp3) is 0.421. The minimum Gasteiger partial charge on any atom is -0.368 e. The van der Waals surface area contributed by atoms with E-state index >= 15 is 0 Å². The molecule has 0 bridgehead atoms. The van der Waals surface area contributed by atoms with Crippen molar-refractivity contribution < 1.29 is 4.79 Å². The molecule has 6 nitrogen and oxygen atoms in total. The lowest BCUT2D eigenvalue weighted by atomic mass is 10.2. The van der Waals surface area contributed by atoms with Crippen molar-refractivity contribution in [3.63, 3.8) is 0 Å². The van der Waals surface area contributed by atoms with Crippen LogP contribution in [0.2, 0.25) is 0 Å². The summed E-state index contributed by atoms with van der Waals surface area (Å²) in [6.07, 6.45) is 0.371. The third-order valence-corrected chi connectivity index (χ3v) is 6.08. The highest BCUT2D eigenvalue weighted by atomic mass is 32.2. The van der Waals surface area contributed by atoms with E-state index < -0.39 is 0 Å². The first-order chi connectivity index (χ1) is 12.6. The van der Waals surface area contributed by atoms with E-state index in [9.17, 15) is 9.59 Å². The van der Waals surface area contributed by atoms with Crippen LogP contribution in [0.3, 0.4) is 0 Å². The van der Waals surface area contributed by atoms with Crippen molar-refractivity contribution in [2.75, 3.05) is 36.8 Å². The Morgan fingerprint density at radius 2 is 1.92 bits per heavy atom. The molecule has 1 atom stereocenters. The maximum atomic E-state index is 12.7. The third-order valence-electron chi connectivity index (χ3n) is 4.98.